The van der Waals surface area contributed by atoms with Gasteiger partial charge < -0.3 is 9.47 Å². The molecule has 9 heteroatoms. The molecule has 164 valence electrons. The van der Waals surface area contributed by atoms with Crippen molar-refractivity contribution in [1.82, 2.24) is 19.5 Å². The van der Waals surface area contributed by atoms with Crippen LogP contribution in [0.3, 0.4) is 0 Å². The highest BCUT2D eigenvalue weighted by molar-refractivity contribution is 5.61. The first kappa shape index (κ1) is 20.0. The van der Waals surface area contributed by atoms with Crippen LogP contribution >= 0.6 is 0 Å². The van der Waals surface area contributed by atoms with Crippen molar-refractivity contribution in [2.24, 2.45) is 0 Å². The average molecular weight is 436 g/mol. The normalized spacial score (nSPS) is 12.7. The van der Waals surface area contributed by atoms with E-state index < -0.39 is 5.76 Å². The van der Waals surface area contributed by atoms with Crippen LogP contribution in [0.25, 0.3) is 17.1 Å². The number of rotatable bonds is 6. The van der Waals surface area contributed by atoms with Crippen LogP contribution in [0, 0.1) is 5.82 Å². The van der Waals surface area contributed by atoms with Gasteiger partial charge in [-0.15, -0.1) is 0 Å². The van der Waals surface area contributed by atoms with Crippen molar-refractivity contribution in [1.29, 1.82) is 0 Å². The smallest absolute Gasteiger partial charge is 0.442 e. The number of nitrogens with zero attached hydrogens (tertiary/aromatic N) is 4. The molecule has 0 fully saturated rings. The predicted octanol–water partition coefficient (Wildman–Crippen LogP) is 3.38. The summed E-state index contributed by atoms with van der Waals surface area (Å²) in [7, 11) is 3.10. The molecular weight excluding hydrogens is 415 g/mol. The van der Waals surface area contributed by atoms with Crippen LogP contribution in [0.2, 0.25) is 0 Å². The Hall–Kier alpha value is -3.88. The molecule has 0 spiro atoms. The largest absolute Gasteiger partial charge is 0.493 e. The molecule has 0 unspecified atom stereocenters. The van der Waals surface area contributed by atoms with Gasteiger partial charge in [0.15, 0.2) is 17.3 Å². The second kappa shape index (κ2) is 7.99. The van der Waals surface area contributed by atoms with Gasteiger partial charge >= 0.3 is 5.76 Å². The minimum Gasteiger partial charge on any atom is -0.493 e. The molecule has 0 saturated heterocycles. The minimum absolute atomic E-state index is 0.211. The molecule has 1 aliphatic rings. The Bertz CT molecular complexity index is 1340. The predicted molar refractivity (Wildman–Crippen MR) is 114 cm³/mol. The summed E-state index contributed by atoms with van der Waals surface area (Å²) >= 11 is 0. The van der Waals surface area contributed by atoms with Crippen molar-refractivity contribution in [3.8, 4) is 28.6 Å². The van der Waals surface area contributed by atoms with Gasteiger partial charge in [0.25, 0.3) is 0 Å². The Labute approximate surface area is 182 Å². The fourth-order valence-electron chi connectivity index (χ4n) is 4.18. The molecule has 0 radical (unpaired) electrons. The van der Waals surface area contributed by atoms with Gasteiger partial charge in [-0.05, 0) is 67.3 Å². The van der Waals surface area contributed by atoms with E-state index in [0.29, 0.717) is 22.9 Å². The summed E-state index contributed by atoms with van der Waals surface area (Å²) in [6.07, 6.45) is 2.75. The Balaban J connectivity index is 1.55. The van der Waals surface area contributed by atoms with E-state index in [1.165, 1.54) is 16.7 Å². The van der Waals surface area contributed by atoms with Crippen LogP contribution in [0.4, 0.5) is 4.39 Å². The van der Waals surface area contributed by atoms with E-state index in [0.717, 1.165) is 41.9 Å². The van der Waals surface area contributed by atoms with Crippen molar-refractivity contribution >= 4 is 0 Å². The third-order valence-electron chi connectivity index (χ3n) is 5.72. The molecule has 0 saturated carbocycles. The molecule has 2 heterocycles. The fraction of sp³-hybridized carbons (Fsp3) is 0.261. The van der Waals surface area contributed by atoms with Crippen LogP contribution in [-0.2, 0) is 19.4 Å². The molecule has 5 rings (SSSR count). The van der Waals surface area contributed by atoms with Crippen LogP contribution < -0.4 is 15.2 Å². The summed E-state index contributed by atoms with van der Waals surface area (Å²) in [5.74, 6) is 0.600. The zero-order chi connectivity index (χ0) is 22.2. The maximum atomic E-state index is 13.4. The second-order valence-corrected chi connectivity index (χ2v) is 7.54. The van der Waals surface area contributed by atoms with Gasteiger partial charge in [0.05, 0.1) is 32.1 Å². The maximum absolute atomic E-state index is 13.4. The van der Waals surface area contributed by atoms with Gasteiger partial charge in [-0.25, -0.2) is 13.9 Å². The van der Waals surface area contributed by atoms with Crippen molar-refractivity contribution in [2.45, 2.75) is 25.8 Å². The van der Waals surface area contributed by atoms with E-state index in [4.69, 9.17) is 19.1 Å². The Morgan fingerprint density at radius 2 is 1.84 bits per heavy atom. The van der Waals surface area contributed by atoms with Gasteiger partial charge in [-0.1, -0.05) is 5.16 Å². The first-order valence-corrected chi connectivity index (χ1v) is 10.2. The quantitative estimate of drug-likeness (QED) is 0.461. The Morgan fingerprint density at radius 3 is 2.59 bits per heavy atom. The van der Waals surface area contributed by atoms with Crippen LogP contribution in [0.1, 0.15) is 23.4 Å². The van der Waals surface area contributed by atoms with E-state index in [-0.39, 0.29) is 12.4 Å². The van der Waals surface area contributed by atoms with E-state index >= 15 is 0 Å². The number of hydrogen-bond acceptors (Lipinski definition) is 6. The highest BCUT2D eigenvalue weighted by Crippen LogP contribution is 2.32. The highest BCUT2D eigenvalue weighted by Gasteiger charge is 2.25. The van der Waals surface area contributed by atoms with Gasteiger partial charge in [0.1, 0.15) is 5.82 Å². The molecule has 0 amide bonds. The summed E-state index contributed by atoms with van der Waals surface area (Å²) in [6.45, 7) is 0.211. The Kier molecular flexibility index (Phi) is 5.01. The number of hydrogen-bond donors (Lipinski definition) is 0. The summed E-state index contributed by atoms with van der Waals surface area (Å²) in [4.78, 5) is 12.5. The molecule has 0 atom stereocenters. The van der Waals surface area contributed by atoms with Gasteiger partial charge in [-0.3, -0.25) is 9.09 Å². The zero-order valence-electron chi connectivity index (χ0n) is 17.7. The molecule has 0 bridgehead atoms. The number of ether oxygens (including phenoxy) is 2. The lowest BCUT2D eigenvalue weighted by Gasteiger charge is -2.09. The van der Waals surface area contributed by atoms with Crippen LogP contribution in [0.5, 0.6) is 11.5 Å². The number of aromatic nitrogens is 4. The van der Waals surface area contributed by atoms with Gasteiger partial charge in [0.2, 0.25) is 0 Å². The maximum Gasteiger partial charge on any atom is 0.442 e. The first-order valence-electron chi connectivity index (χ1n) is 10.2. The number of halogens is 1. The standard InChI is InChI=1S/C23H21FN4O4/c1-30-20-11-6-14(12-21(20)31-2)22-26-32-23(29)27(22)13-18-17-4-3-5-19(17)28(25-18)16-9-7-15(24)8-10-16/h6-12H,3-5,13H2,1-2H3. The first-order chi connectivity index (χ1) is 15.6. The summed E-state index contributed by atoms with van der Waals surface area (Å²) in [5, 5.41) is 8.75. The van der Waals surface area contributed by atoms with Crippen molar-refractivity contribution in [3.05, 3.63) is 75.8 Å². The van der Waals surface area contributed by atoms with Gasteiger partial charge in [0, 0.05) is 11.3 Å². The second-order valence-electron chi connectivity index (χ2n) is 7.54. The van der Waals surface area contributed by atoms with Crippen molar-refractivity contribution in [2.75, 3.05) is 14.2 Å². The lowest BCUT2D eigenvalue weighted by atomic mass is 10.1. The SMILES string of the molecule is COc1ccc(-c2noc(=O)n2Cc2nn(-c3ccc(F)cc3)c3c2CCC3)cc1OC. The van der Waals surface area contributed by atoms with E-state index in [1.54, 1.807) is 44.6 Å². The molecule has 2 aromatic carbocycles. The third-order valence-corrected chi connectivity index (χ3v) is 5.72. The molecular formula is C23H21FN4O4. The zero-order valence-corrected chi connectivity index (χ0v) is 17.7. The van der Waals surface area contributed by atoms with E-state index in [2.05, 4.69) is 5.16 Å². The minimum atomic E-state index is -0.571. The topological polar surface area (TPSA) is 84.3 Å². The monoisotopic (exact) mass is 436 g/mol. The Morgan fingerprint density at radius 1 is 1.06 bits per heavy atom. The summed E-state index contributed by atoms with van der Waals surface area (Å²) in [6, 6.07) is 11.5. The van der Waals surface area contributed by atoms with Crippen LogP contribution in [-0.4, -0.2) is 33.7 Å². The number of fused-ring (bicyclic) bond motifs is 1. The fourth-order valence-corrected chi connectivity index (χ4v) is 4.18. The third kappa shape index (κ3) is 3.35. The van der Waals surface area contributed by atoms with Crippen LogP contribution in [0.15, 0.2) is 51.8 Å². The molecule has 1 aliphatic carbocycles. The van der Waals surface area contributed by atoms with E-state index in [9.17, 15) is 9.18 Å². The molecule has 32 heavy (non-hydrogen) atoms. The number of benzene rings is 2. The average Bonchev–Trinajstić information content (AvgIpc) is 3.51. The van der Waals surface area contributed by atoms with E-state index in [1.807, 2.05) is 4.68 Å². The lowest BCUT2D eigenvalue weighted by Crippen LogP contribution is -2.17. The molecule has 2 aromatic heterocycles. The molecule has 4 aromatic rings. The van der Waals surface area contributed by atoms with Crippen molar-refractivity contribution < 1.29 is 18.4 Å². The van der Waals surface area contributed by atoms with Gasteiger partial charge in [-0.2, -0.15) is 5.10 Å². The molecule has 0 N–H and O–H groups in total. The highest BCUT2D eigenvalue weighted by atomic mass is 19.1. The molecule has 8 nitrogen and oxygen atoms in total. The van der Waals surface area contributed by atoms with Crippen molar-refractivity contribution in [3.63, 3.8) is 0 Å². The summed E-state index contributed by atoms with van der Waals surface area (Å²) < 4.78 is 32.3. The summed E-state index contributed by atoms with van der Waals surface area (Å²) in [5.41, 5.74) is 4.41. The number of methoxy groups -OCH3 is 2. The molecule has 0 aliphatic heterocycles. The lowest BCUT2D eigenvalue weighted by molar-refractivity contribution is 0.355.